The fraction of sp³-hybridized carbons (Fsp3) is 0.600. The lowest BCUT2D eigenvalue weighted by molar-refractivity contribution is 0.0974. The van der Waals surface area contributed by atoms with Gasteiger partial charge in [0.1, 0.15) is 0 Å². The Balaban J connectivity index is 2.57. The van der Waals surface area contributed by atoms with E-state index in [2.05, 4.69) is 25.2 Å². The number of hydrogen-bond acceptors (Lipinski definition) is 2. The van der Waals surface area contributed by atoms with Crippen molar-refractivity contribution >= 4 is 0 Å². The minimum atomic E-state index is -2.28. The summed E-state index contributed by atoms with van der Waals surface area (Å²) in [5.74, 6) is 0. The predicted molar refractivity (Wildman–Crippen MR) is 75.6 cm³/mol. The van der Waals surface area contributed by atoms with Crippen molar-refractivity contribution in [3.05, 3.63) is 35.4 Å². The highest BCUT2D eigenvalue weighted by Crippen LogP contribution is 2.12. The van der Waals surface area contributed by atoms with Crippen LogP contribution in [-0.4, -0.2) is 37.5 Å². The van der Waals surface area contributed by atoms with Crippen LogP contribution < -0.4 is 5.32 Å². The van der Waals surface area contributed by atoms with Crippen molar-refractivity contribution in [3.8, 4) is 0 Å². The van der Waals surface area contributed by atoms with E-state index < -0.39 is 6.43 Å². The van der Waals surface area contributed by atoms with Gasteiger partial charge < -0.3 is 5.32 Å². The van der Waals surface area contributed by atoms with Crippen LogP contribution in [-0.2, 0) is 13.0 Å². The molecule has 2 nitrogen and oxygen atoms in total. The molecule has 0 saturated heterocycles. The van der Waals surface area contributed by atoms with Gasteiger partial charge in [-0.15, -0.1) is 0 Å². The van der Waals surface area contributed by atoms with Gasteiger partial charge in [0.2, 0.25) is 0 Å². The molecule has 1 aromatic carbocycles. The molecule has 1 rings (SSSR count). The van der Waals surface area contributed by atoms with Gasteiger partial charge in [-0.05, 0) is 31.1 Å². The van der Waals surface area contributed by atoms with Gasteiger partial charge in [-0.25, -0.2) is 8.78 Å². The van der Waals surface area contributed by atoms with Crippen molar-refractivity contribution in [1.82, 2.24) is 10.2 Å². The molecule has 0 aromatic heterocycles. The summed E-state index contributed by atoms with van der Waals surface area (Å²) in [4.78, 5) is 1.67. The molecule has 0 atom stereocenters. The Kier molecular flexibility index (Phi) is 6.95. The maximum atomic E-state index is 12.3. The van der Waals surface area contributed by atoms with Crippen molar-refractivity contribution in [2.45, 2.75) is 39.3 Å². The topological polar surface area (TPSA) is 15.3 Å². The Morgan fingerprint density at radius 2 is 1.79 bits per heavy atom. The van der Waals surface area contributed by atoms with Gasteiger partial charge in [-0.3, -0.25) is 4.90 Å². The number of rotatable bonds is 8. The number of alkyl halides is 2. The van der Waals surface area contributed by atoms with Gasteiger partial charge in [0, 0.05) is 12.6 Å². The smallest absolute Gasteiger partial charge is 0.251 e. The van der Waals surface area contributed by atoms with Gasteiger partial charge in [0.25, 0.3) is 6.43 Å². The van der Waals surface area contributed by atoms with Crippen molar-refractivity contribution in [3.63, 3.8) is 0 Å². The first-order valence-corrected chi connectivity index (χ1v) is 6.76. The lowest BCUT2D eigenvalue weighted by Crippen LogP contribution is -2.26. The van der Waals surface area contributed by atoms with Crippen LogP contribution in [0.1, 0.15) is 25.0 Å². The summed E-state index contributed by atoms with van der Waals surface area (Å²) in [7, 11) is 1.73. The minimum Gasteiger partial charge on any atom is -0.314 e. The summed E-state index contributed by atoms with van der Waals surface area (Å²) in [5.41, 5.74) is 2.37. The van der Waals surface area contributed by atoms with Crippen LogP contribution in [0.4, 0.5) is 8.78 Å². The summed E-state index contributed by atoms with van der Waals surface area (Å²) in [6.45, 7) is 5.53. The predicted octanol–water partition coefficient (Wildman–Crippen LogP) is 2.92. The van der Waals surface area contributed by atoms with E-state index in [1.165, 1.54) is 5.56 Å². The van der Waals surface area contributed by atoms with Crippen LogP contribution in [0.2, 0.25) is 0 Å². The SMILES string of the molecule is CC(C)NCCc1ccccc1CN(C)CC(F)F. The maximum Gasteiger partial charge on any atom is 0.251 e. The fourth-order valence-electron chi connectivity index (χ4n) is 2.04. The molecule has 108 valence electrons. The Bertz CT molecular complexity index is 367. The van der Waals surface area contributed by atoms with Gasteiger partial charge in [0.15, 0.2) is 0 Å². The molecule has 0 bridgehead atoms. The highest BCUT2D eigenvalue weighted by atomic mass is 19.3. The van der Waals surface area contributed by atoms with Gasteiger partial charge in [-0.2, -0.15) is 0 Å². The monoisotopic (exact) mass is 270 g/mol. The molecular formula is C15H24F2N2. The van der Waals surface area contributed by atoms with Crippen molar-refractivity contribution in [1.29, 1.82) is 0 Å². The maximum absolute atomic E-state index is 12.3. The lowest BCUT2D eigenvalue weighted by atomic mass is 10.0. The molecule has 0 radical (unpaired) electrons. The van der Waals surface area contributed by atoms with Crippen LogP contribution in [0.3, 0.4) is 0 Å². The number of benzene rings is 1. The van der Waals surface area contributed by atoms with E-state index in [0.717, 1.165) is 18.5 Å². The van der Waals surface area contributed by atoms with Gasteiger partial charge >= 0.3 is 0 Å². The quantitative estimate of drug-likeness (QED) is 0.781. The third-order valence-electron chi connectivity index (χ3n) is 2.96. The van der Waals surface area contributed by atoms with Crippen LogP contribution in [0.5, 0.6) is 0 Å². The number of nitrogens with one attached hydrogen (secondary N) is 1. The Hall–Kier alpha value is -1.00. The molecule has 4 heteroatoms. The molecule has 0 amide bonds. The average Bonchev–Trinajstić information content (AvgIpc) is 2.29. The zero-order valence-electron chi connectivity index (χ0n) is 12.0. The standard InChI is InChI=1S/C15H24F2N2/c1-12(2)18-9-8-13-6-4-5-7-14(13)10-19(3)11-15(16)17/h4-7,12,15,18H,8-11H2,1-3H3. The van der Waals surface area contributed by atoms with Crippen molar-refractivity contribution in [2.24, 2.45) is 0 Å². The second-order valence-electron chi connectivity index (χ2n) is 5.22. The van der Waals surface area contributed by atoms with Crippen LogP contribution in [0.25, 0.3) is 0 Å². The van der Waals surface area contributed by atoms with E-state index in [4.69, 9.17) is 0 Å². The van der Waals surface area contributed by atoms with Gasteiger partial charge in [-0.1, -0.05) is 38.1 Å². The molecule has 1 aromatic rings. The molecule has 1 N–H and O–H groups in total. The van der Waals surface area contributed by atoms with E-state index in [9.17, 15) is 8.78 Å². The Morgan fingerprint density at radius 3 is 2.37 bits per heavy atom. The summed E-state index contributed by atoms with van der Waals surface area (Å²) in [5, 5.41) is 3.37. The van der Waals surface area contributed by atoms with E-state index >= 15 is 0 Å². The van der Waals surface area contributed by atoms with E-state index in [1.807, 2.05) is 18.2 Å². The second kappa shape index (κ2) is 8.23. The molecule has 0 aliphatic carbocycles. The number of halogens is 2. The van der Waals surface area contributed by atoms with Gasteiger partial charge in [0.05, 0.1) is 6.54 Å². The van der Waals surface area contributed by atoms with Crippen LogP contribution >= 0.6 is 0 Å². The van der Waals surface area contributed by atoms with Crippen LogP contribution in [0, 0.1) is 0 Å². The van der Waals surface area contributed by atoms with Crippen molar-refractivity contribution in [2.75, 3.05) is 20.1 Å². The molecule has 0 spiro atoms. The highest BCUT2D eigenvalue weighted by Gasteiger charge is 2.10. The summed E-state index contributed by atoms with van der Waals surface area (Å²) in [6.07, 6.45) is -1.35. The van der Waals surface area contributed by atoms with Crippen LogP contribution in [0.15, 0.2) is 24.3 Å². The minimum absolute atomic E-state index is 0.182. The number of nitrogens with zero attached hydrogens (tertiary/aromatic N) is 1. The first-order chi connectivity index (χ1) is 8.99. The molecule has 0 aliphatic rings. The van der Waals surface area contributed by atoms with E-state index in [1.54, 1.807) is 11.9 Å². The molecule has 0 heterocycles. The summed E-state index contributed by atoms with van der Waals surface area (Å²) < 4.78 is 24.7. The molecule has 0 fully saturated rings. The average molecular weight is 270 g/mol. The van der Waals surface area contributed by atoms with E-state index in [-0.39, 0.29) is 6.54 Å². The molecule has 19 heavy (non-hydrogen) atoms. The van der Waals surface area contributed by atoms with E-state index in [0.29, 0.717) is 12.6 Å². The lowest BCUT2D eigenvalue weighted by Gasteiger charge is -2.18. The molecular weight excluding hydrogens is 246 g/mol. The molecule has 0 aliphatic heterocycles. The molecule has 0 unspecified atom stereocenters. The Labute approximate surface area is 114 Å². The summed E-state index contributed by atoms with van der Waals surface area (Å²) >= 11 is 0. The second-order valence-corrected chi connectivity index (χ2v) is 5.22. The normalized spacial score (nSPS) is 11.8. The third-order valence-corrected chi connectivity index (χ3v) is 2.96. The zero-order chi connectivity index (χ0) is 14.3. The summed E-state index contributed by atoms with van der Waals surface area (Å²) in [6, 6.07) is 8.53. The number of hydrogen-bond donors (Lipinski definition) is 1. The largest absolute Gasteiger partial charge is 0.314 e. The van der Waals surface area contributed by atoms with Crippen molar-refractivity contribution < 1.29 is 8.78 Å². The first-order valence-electron chi connectivity index (χ1n) is 6.76. The molecule has 0 saturated carbocycles. The third kappa shape index (κ3) is 6.64. The Morgan fingerprint density at radius 1 is 1.16 bits per heavy atom. The highest BCUT2D eigenvalue weighted by molar-refractivity contribution is 5.27. The first kappa shape index (κ1) is 16.1. The fourth-order valence-corrected chi connectivity index (χ4v) is 2.04. The zero-order valence-corrected chi connectivity index (χ0v) is 12.0.